The Morgan fingerprint density at radius 3 is 2.79 bits per heavy atom. The minimum Gasteiger partial charge on any atom is -0.461 e. The summed E-state index contributed by atoms with van der Waals surface area (Å²) in [4.78, 5) is 0. The van der Waals surface area contributed by atoms with Crippen molar-refractivity contribution in [2.75, 3.05) is 12.4 Å². The molecule has 0 aliphatic heterocycles. The first-order valence-corrected chi connectivity index (χ1v) is 8.58. The fourth-order valence-electron chi connectivity index (χ4n) is 2.17. The molecule has 0 saturated carbocycles. The van der Waals surface area contributed by atoms with Gasteiger partial charge in [0.05, 0.1) is 25.6 Å². The second-order valence-electron chi connectivity index (χ2n) is 5.31. The number of rotatable bonds is 8. The average Bonchev–Trinajstić information content (AvgIpc) is 3.24. The van der Waals surface area contributed by atoms with E-state index in [0.717, 1.165) is 10.7 Å². The molecule has 0 bridgehead atoms. The average molecular weight is 345 g/mol. The van der Waals surface area contributed by atoms with Gasteiger partial charge in [0.15, 0.2) is 16.7 Å². The first-order chi connectivity index (χ1) is 11.7. The molecule has 0 spiro atoms. The Morgan fingerprint density at radius 2 is 2.04 bits per heavy atom. The maximum absolute atomic E-state index is 10.0. The van der Waals surface area contributed by atoms with E-state index in [2.05, 4.69) is 10.2 Å². The van der Waals surface area contributed by atoms with Gasteiger partial charge in [-0.15, -0.1) is 10.2 Å². The summed E-state index contributed by atoms with van der Waals surface area (Å²) in [5.41, 5.74) is 1.09. The molecule has 0 aliphatic carbocycles. The molecule has 3 aromatic rings. The van der Waals surface area contributed by atoms with Crippen LogP contribution in [-0.2, 0) is 18.4 Å². The molecule has 0 radical (unpaired) electrons. The third-order valence-electron chi connectivity index (χ3n) is 3.40. The minimum atomic E-state index is -0.567. The molecular formula is C17H19N3O3S. The lowest BCUT2D eigenvalue weighted by Crippen LogP contribution is -2.18. The van der Waals surface area contributed by atoms with Gasteiger partial charge in [0, 0.05) is 12.8 Å². The largest absolute Gasteiger partial charge is 0.461 e. The predicted molar refractivity (Wildman–Crippen MR) is 91.5 cm³/mol. The van der Waals surface area contributed by atoms with Crippen LogP contribution in [0.2, 0.25) is 0 Å². The molecule has 2 aromatic heterocycles. The highest BCUT2D eigenvalue weighted by Gasteiger charge is 2.14. The van der Waals surface area contributed by atoms with Crippen molar-refractivity contribution in [2.45, 2.75) is 17.9 Å². The Hall–Kier alpha value is -2.09. The zero-order chi connectivity index (χ0) is 16.8. The summed E-state index contributed by atoms with van der Waals surface area (Å²) >= 11 is 1.44. The van der Waals surface area contributed by atoms with Crippen molar-refractivity contribution in [1.82, 2.24) is 14.8 Å². The molecule has 1 atom stereocenters. The molecular weight excluding hydrogens is 326 g/mol. The van der Waals surface area contributed by atoms with E-state index in [1.54, 1.807) is 6.26 Å². The highest BCUT2D eigenvalue weighted by Crippen LogP contribution is 2.23. The van der Waals surface area contributed by atoms with Crippen LogP contribution in [0.3, 0.4) is 0 Å². The molecule has 24 heavy (non-hydrogen) atoms. The van der Waals surface area contributed by atoms with Crippen molar-refractivity contribution in [3.05, 3.63) is 54.3 Å². The predicted octanol–water partition coefficient (Wildman–Crippen LogP) is 2.74. The Kier molecular flexibility index (Phi) is 5.68. The van der Waals surface area contributed by atoms with Gasteiger partial charge in [-0.3, -0.25) is 0 Å². The molecule has 7 heteroatoms. The van der Waals surface area contributed by atoms with E-state index >= 15 is 0 Å². The Morgan fingerprint density at radius 1 is 1.21 bits per heavy atom. The SMILES string of the molecule is Cn1c(SC[C@@H](O)COCc2ccccc2)nnc1-c1ccco1. The van der Waals surface area contributed by atoms with Crippen LogP contribution in [-0.4, -0.2) is 38.3 Å². The van der Waals surface area contributed by atoms with Crippen LogP contribution >= 0.6 is 11.8 Å². The molecule has 126 valence electrons. The van der Waals surface area contributed by atoms with Crippen molar-refractivity contribution < 1.29 is 14.3 Å². The Balaban J connectivity index is 1.45. The molecule has 0 unspecified atom stereocenters. The highest BCUT2D eigenvalue weighted by molar-refractivity contribution is 7.99. The number of aliphatic hydroxyl groups excluding tert-OH is 1. The summed E-state index contributed by atoms with van der Waals surface area (Å²) < 4.78 is 12.7. The molecule has 0 aliphatic rings. The van der Waals surface area contributed by atoms with Crippen LogP contribution in [0.1, 0.15) is 5.56 Å². The van der Waals surface area contributed by atoms with Gasteiger partial charge in [-0.05, 0) is 17.7 Å². The standard InChI is InChI=1S/C17H19N3O3S/c1-20-16(15-8-5-9-23-15)18-19-17(20)24-12-14(21)11-22-10-13-6-3-2-4-7-13/h2-9,14,21H,10-12H2,1H3/t14-/m0/s1. The maximum atomic E-state index is 10.0. The fraction of sp³-hybridized carbons (Fsp3) is 0.294. The van der Waals surface area contributed by atoms with E-state index < -0.39 is 6.10 Å². The number of aliphatic hydroxyl groups is 1. The highest BCUT2D eigenvalue weighted by atomic mass is 32.2. The van der Waals surface area contributed by atoms with E-state index in [1.165, 1.54) is 11.8 Å². The van der Waals surface area contributed by atoms with E-state index in [4.69, 9.17) is 9.15 Å². The van der Waals surface area contributed by atoms with Gasteiger partial charge in [0.25, 0.3) is 0 Å². The Labute approximate surface area is 144 Å². The molecule has 0 saturated heterocycles. The lowest BCUT2D eigenvalue weighted by atomic mass is 10.2. The van der Waals surface area contributed by atoms with Crippen LogP contribution in [0.25, 0.3) is 11.6 Å². The summed E-state index contributed by atoms with van der Waals surface area (Å²) in [7, 11) is 1.87. The van der Waals surface area contributed by atoms with E-state index in [0.29, 0.717) is 23.9 Å². The second kappa shape index (κ2) is 8.14. The van der Waals surface area contributed by atoms with E-state index in [1.807, 2.05) is 54.1 Å². The molecule has 6 nitrogen and oxygen atoms in total. The number of thioether (sulfide) groups is 1. The van der Waals surface area contributed by atoms with Gasteiger partial charge in [-0.2, -0.15) is 0 Å². The van der Waals surface area contributed by atoms with Gasteiger partial charge >= 0.3 is 0 Å². The smallest absolute Gasteiger partial charge is 0.200 e. The van der Waals surface area contributed by atoms with E-state index in [9.17, 15) is 5.11 Å². The number of benzene rings is 1. The minimum absolute atomic E-state index is 0.283. The van der Waals surface area contributed by atoms with Crippen molar-refractivity contribution >= 4 is 11.8 Å². The first-order valence-electron chi connectivity index (χ1n) is 7.60. The summed E-state index contributed by atoms with van der Waals surface area (Å²) in [6.45, 7) is 0.778. The summed E-state index contributed by atoms with van der Waals surface area (Å²) in [6, 6.07) is 13.5. The fourth-order valence-corrected chi connectivity index (χ4v) is 2.98. The van der Waals surface area contributed by atoms with Gasteiger partial charge in [0.2, 0.25) is 0 Å². The van der Waals surface area contributed by atoms with Crippen molar-refractivity contribution in [3.63, 3.8) is 0 Å². The third kappa shape index (κ3) is 4.25. The summed E-state index contributed by atoms with van der Waals surface area (Å²) in [5.74, 6) is 1.82. The van der Waals surface area contributed by atoms with Crippen LogP contribution < -0.4 is 0 Å². The quantitative estimate of drug-likeness (QED) is 0.633. The molecule has 0 amide bonds. The number of hydrogen-bond donors (Lipinski definition) is 1. The van der Waals surface area contributed by atoms with Crippen molar-refractivity contribution in [2.24, 2.45) is 7.05 Å². The van der Waals surface area contributed by atoms with Gasteiger partial charge in [-0.25, -0.2) is 0 Å². The number of furan rings is 1. The molecule has 2 heterocycles. The molecule has 3 rings (SSSR count). The molecule has 1 N–H and O–H groups in total. The second-order valence-corrected chi connectivity index (χ2v) is 6.30. The summed E-state index contributed by atoms with van der Waals surface area (Å²) in [5, 5.41) is 19.0. The van der Waals surface area contributed by atoms with Crippen LogP contribution in [0.4, 0.5) is 0 Å². The van der Waals surface area contributed by atoms with E-state index in [-0.39, 0.29) is 6.61 Å². The maximum Gasteiger partial charge on any atom is 0.200 e. The number of aromatic nitrogens is 3. The molecule has 1 aromatic carbocycles. The third-order valence-corrected chi connectivity index (χ3v) is 4.57. The van der Waals surface area contributed by atoms with Crippen LogP contribution in [0.5, 0.6) is 0 Å². The summed E-state index contributed by atoms with van der Waals surface area (Å²) in [6.07, 6.45) is 1.03. The first kappa shape index (κ1) is 16.8. The topological polar surface area (TPSA) is 73.3 Å². The normalized spacial score (nSPS) is 12.4. The number of hydrogen-bond acceptors (Lipinski definition) is 6. The monoisotopic (exact) mass is 345 g/mol. The number of nitrogens with zero attached hydrogens (tertiary/aromatic N) is 3. The van der Waals surface area contributed by atoms with Gasteiger partial charge in [0.1, 0.15) is 0 Å². The molecule has 0 fully saturated rings. The van der Waals surface area contributed by atoms with Crippen molar-refractivity contribution in [3.8, 4) is 11.6 Å². The van der Waals surface area contributed by atoms with Crippen LogP contribution in [0.15, 0.2) is 58.3 Å². The Bertz CT molecular complexity index is 744. The van der Waals surface area contributed by atoms with Crippen LogP contribution in [0, 0.1) is 0 Å². The van der Waals surface area contributed by atoms with Crippen molar-refractivity contribution in [1.29, 1.82) is 0 Å². The number of ether oxygens (including phenoxy) is 1. The van der Waals surface area contributed by atoms with Gasteiger partial charge < -0.3 is 18.8 Å². The zero-order valence-corrected chi connectivity index (χ0v) is 14.1. The lowest BCUT2D eigenvalue weighted by molar-refractivity contribution is 0.0397. The zero-order valence-electron chi connectivity index (χ0n) is 13.3. The van der Waals surface area contributed by atoms with Gasteiger partial charge in [-0.1, -0.05) is 42.1 Å². The lowest BCUT2D eigenvalue weighted by Gasteiger charge is -2.10.